The van der Waals surface area contributed by atoms with Crippen LogP contribution in [0.25, 0.3) is 0 Å². The Bertz CT molecular complexity index is 585. The summed E-state index contributed by atoms with van der Waals surface area (Å²) in [5, 5.41) is 5.05. The van der Waals surface area contributed by atoms with E-state index in [0.717, 1.165) is 0 Å². The highest BCUT2D eigenvalue weighted by molar-refractivity contribution is 7.86. The zero-order valence-corrected chi connectivity index (χ0v) is 11.7. The van der Waals surface area contributed by atoms with E-state index in [4.69, 9.17) is 9.56 Å². The van der Waals surface area contributed by atoms with E-state index in [1.165, 1.54) is 4.31 Å². The van der Waals surface area contributed by atoms with Gasteiger partial charge in [-0.25, -0.2) is 5.14 Å². The van der Waals surface area contributed by atoms with Gasteiger partial charge in [-0.05, 0) is 19.9 Å². The molecule has 2 heterocycles. The predicted octanol–water partition coefficient (Wildman–Crippen LogP) is -0.142. The molecule has 1 aliphatic heterocycles. The molecule has 0 spiro atoms. The van der Waals surface area contributed by atoms with Gasteiger partial charge in [0, 0.05) is 26.2 Å². The van der Waals surface area contributed by atoms with Gasteiger partial charge in [0.1, 0.15) is 11.5 Å². The molecule has 0 aliphatic carbocycles. The average molecular weight is 287 g/mol. The number of rotatable bonds is 2. The Balaban J connectivity index is 2.06. The molecule has 0 bridgehead atoms. The minimum Gasteiger partial charge on any atom is -0.466 e. The molecule has 7 nitrogen and oxygen atoms in total. The van der Waals surface area contributed by atoms with Crippen molar-refractivity contribution in [2.45, 2.75) is 13.8 Å². The average Bonchev–Trinajstić information content (AvgIpc) is 2.66. The van der Waals surface area contributed by atoms with Crippen LogP contribution in [-0.2, 0) is 10.2 Å². The highest BCUT2D eigenvalue weighted by atomic mass is 32.2. The van der Waals surface area contributed by atoms with Crippen molar-refractivity contribution in [1.29, 1.82) is 0 Å². The summed E-state index contributed by atoms with van der Waals surface area (Å²) in [6, 6.07) is 1.70. The predicted molar refractivity (Wildman–Crippen MR) is 68.8 cm³/mol. The van der Waals surface area contributed by atoms with Crippen molar-refractivity contribution in [2.75, 3.05) is 26.2 Å². The number of furan rings is 1. The van der Waals surface area contributed by atoms with Gasteiger partial charge in [-0.1, -0.05) is 0 Å². The first kappa shape index (κ1) is 14.0. The zero-order valence-electron chi connectivity index (χ0n) is 10.9. The summed E-state index contributed by atoms with van der Waals surface area (Å²) in [4.78, 5) is 13.9. The number of carbonyl (C=O) groups is 1. The molecular weight excluding hydrogens is 270 g/mol. The molecule has 106 valence electrons. The van der Waals surface area contributed by atoms with E-state index in [1.54, 1.807) is 24.8 Å². The van der Waals surface area contributed by atoms with Gasteiger partial charge in [-0.2, -0.15) is 12.7 Å². The Labute approximate surface area is 112 Å². The van der Waals surface area contributed by atoms with Gasteiger partial charge < -0.3 is 9.32 Å². The highest BCUT2D eigenvalue weighted by Crippen LogP contribution is 2.17. The maximum Gasteiger partial charge on any atom is 0.277 e. The van der Waals surface area contributed by atoms with Crippen molar-refractivity contribution in [2.24, 2.45) is 5.14 Å². The number of aryl methyl sites for hydroxylation is 2. The molecule has 0 saturated carbocycles. The number of nitrogens with two attached hydrogens (primary N) is 1. The first-order chi connectivity index (χ1) is 8.79. The van der Waals surface area contributed by atoms with Crippen molar-refractivity contribution >= 4 is 16.1 Å². The number of carbonyl (C=O) groups excluding carboxylic acids is 1. The number of hydrogen-bond donors (Lipinski definition) is 1. The molecule has 0 radical (unpaired) electrons. The molecule has 1 aromatic rings. The van der Waals surface area contributed by atoms with Gasteiger partial charge in [0.15, 0.2) is 0 Å². The Hall–Kier alpha value is -1.38. The lowest BCUT2D eigenvalue weighted by Crippen LogP contribution is -2.52. The lowest BCUT2D eigenvalue weighted by molar-refractivity contribution is 0.0696. The standard InChI is InChI=1S/C11H17N3O4S/c1-8-7-10(9(2)18-8)11(15)13-3-5-14(6-4-13)19(12,16)17/h7H,3-6H2,1-2H3,(H2,12,16,17). The fraction of sp³-hybridized carbons (Fsp3) is 0.545. The Kier molecular flexibility index (Phi) is 3.66. The normalized spacial score (nSPS) is 17.7. The number of hydrogen-bond acceptors (Lipinski definition) is 4. The highest BCUT2D eigenvalue weighted by Gasteiger charge is 2.28. The van der Waals surface area contributed by atoms with Crippen molar-refractivity contribution in [3.8, 4) is 0 Å². The lowest BCUT2D eigenvalue weighted by Gasteiger charge is -2.32. The van der Waals surface area contributed by atoms with E-state index in [2.05, 4.69) is 0 Å². The van der Waals surface area contributed by atoms with Crippen LogP contribution in [0.3, 0.4) is 0 Å². The Morgan fingerprint density at radius 1 is 1.26 bits per heavy atom. The van der Waals surface area contributed by atoms with Gasteiger partial charge in [0.2, 0.25) is 0 Å². The van der Waals surface area contributed by atoms with E-state index in [1.807, 2.05) is 0 Å². The van der Waals surface area contributed by atoms with Crippen molar-refractivity contribution in [1.82, 2.24) is 9.21 Å². The molecular formula is C11H17N3O4S. The molecule has 1 fully saturated rings. The van der Waals surface area contributed by atoms with E-state index in [-0.39, 0.29) is 19.0 Å². The largest absolute Gasteiger partial charge is 0.466 e. The smallest absolute Gasteiger partial charge is 0.277 e. The maximum atomic E-state index is 12.3. The molecule has 1 amide bonds. The van der Waals surface area contributed by atoms with Crippen LogP contribution in [0.1, 0.15) is 21.9 Å². The summed E-state index contributed by atoms with van der Waals surface area (Å²) >= 11 is 0. The van der Waals surface area contributed by atoms with Gasteiger partial charge in [0.25, 0.3) is 16.1 Å². The SMILES string of the molecule is Cc1cc(C(=O)N2CCN(S(N)(=O)=O)CC2)c(C)o1. The molecule has 0 atom stereocenters. The molecule has 19 heavy (non-hydrogen) atoms. The number of piperazine rings is 1. The van der Waals surface area contributed by atoms with Gasteiger partial charge in [-0.15, -0.1) is 0 Å². The van der Waals surface area contributed by atoms with Crippen molar-refractivity contribution in [3.05, 3.63) is 23.2 Å². The Morgan fingerprint density at radius 2 is 1.84 bits per heavy atom. The number of amides is 1. The summed E-state index contributed by atoms with van der Waals surface area (Å²) in [7, 11) is -3.67. The summed E-state index contributed by atoms with van der Waals surface area (Å²) in [6.07, 6.45) is 0. The van der Waals surface area contributed by atoms with Crippen LogP contribution in [0, 0.1) is 13.8 Å². The van der Waals surface area contributed by atoms with E-state index in [0.29, 0.717) is 30.2 Å². The second-order valence-electron chi connectivity index (χ2n) is 4.56. The van der Waals surface area contributed by atoms with E-state index in [9.17, 15) is 13.2 Å². The van der Waals surface area contributed by atoms with Crippen LogP contribution in [-0.4, -0.2) is 49.7 Å². The van der Waals surface area contributed by atoms with Gasteiger partial charge in [0.05, 0.1) is 5.56 Å². The van der Waals surface area contributed by atoms with Gasteiger partial charge >= 0.3 is 0 Å². The molecule has 0 aromatic carbocycles. The second kappa shape index (κ2) is 4.95. The maximum absolute atomic E-state index is 12.3. The minimum atomic E-state index is -3.67. The van der Waals surface area contributed by atoms with E-state index < -0.39 is 10.2 Å². The summed E-state index contributed by atoms with van der Waals surface area (Å²) < 4.78 is 28.8. The third-order valence-electron chi connectivity index (χ3n) is 3.16. The topological polar surface area (TPSA) is 96.9 Å². The monoisotopic (exact) mass is 287 g/mol. The zero-order chi connectivity index (χ0) is 14.2. The van der Waals surface area contributed by atoms with Crippen LogP contribution in [0.15, 0.2) is 10.5 Å². The number of nitrogens with zero attached hydrogens (tertiary/aromatic N) is 2. The lowest BCUT2D eigenvalue weighted by atomic mass is 10.2. The van der Waals surface area contributed by atoms with Crippen molar-refractivity contribution < 1.29 is 17.6 Å². The summed E-state index contributed by atoms with van der Waals surface area (Å²) in [5.41, 5.74) is 0.529. The van der Waals surface area contributed by atoms with Crippen LogP contribution < -0.4 is 5.14 Å². The molecule has 1 aliphatic rings. The van der Waals surface area contributed by atoms with Gasteiger partial charge in [-0.3, -0.25) is 4.79 Å². The van der Waals surface area contributed by atoms with Crippen LogP contribution in [0.2, 0.25) is 0 Å². The molecule has 2 rings (SSSR count). The molecule has 2 N–H and O–H groups in total. The first-order valence-corrected chi connectivity index (χ1v) is 7.43. The van der Waals surface area contributed by atoms with Crippen LogP contribution in [0.4, 0.5) is 0 Å². The fourth-order valence-electron chi connectivity index (χ4n) is 2.16. The summed E-state index contributed by atoms with van der Waals surface area (Å²) in [5.74, 6) is 1.13. The molecule has 1 saturated heterocycles. The fourth-order valence-corrected chi connectivity index (χ4v) is 2.83. The van der Waals surface area contributed by atoms with Crippen molar-refractivity contribution in [3.63, 3.8) is 0 Å². The van der Waals surface area contributed by atoms with E-state index >= 15 is 0 Å². The molecule has 0 unspecified atom stereocenters. The third kappa shape index (κ3) is 2.96. The second-order valence-corrected chi connectivity index (χ2v) is 6.11. The van der Waals surface area contributed by atoms with Crippen LogP contribution in [0.5, 0.6) is 0 Å². The third-order valence-corrected chi connectivity index (χ3v) is 4.24. The molecule has 8 heteroatoms. The Morgan fingerprint density at radius 3 is 2.26 bits per heavy atom. The van der Waals surface area contributed by atoms with Crippen LogP contribution >= 0.6 is 0 Å². The first-order valence-electron chi connectivity index (χ1n) is 5.93. The quantitative estimate of drug-likeness (QED) is 0.818. The summed E-state index contributed by atoms with van der Waals surface area (Å²) in [6.45, 7) is 4.63. The minimum absolute atomic E-state index is 0.136. The molecule has 1 aromatic heterocycles.